The molecular formula is C25H23ClN2O4S. The number of nitrogens with zero attached hydrogens (tertiary/aromatic N) is 1. The van der Waals surface area contributed by atoms with Crippen molar-refractivity contribution in [3.63, 3.8) is 0 Å². The van der Waals surface area contributed by atoms with Crippen molar-refractivity contribution in [3.05, 3.63) is 86.7 Å². The standard InChI is InChI=1S/C25H23ClN2O4S/c1-14-12-18(16(3)31-20-10-11-21(26)27-25(20)33-28-30-4)24-19(13-14)22(29)15(2)23(32-24)17-8-6-5-7-9-17/h5-13,16,28H,1-4H3. The van der Waals surface area contributed by atoms with E-state index in [9.17, 15) is 4.79 Å². The number of fused-ring (bicyclic) bond motifs is 1. The molecule has 1 atom stereocenters. The maximum atomic E-state index is 13.3. The van der Waals surface area contributed by atoms with Crippen LogP contribution in [0.25, 0.3) is 22.3 Å². The monoisotopic (exact) mass is 482 g/mol. The summed E-state index contributed by atoms with van der Waals surface area (Å²) in [5, 5.41) is 1.39. The third-order valence-corrected chi connectivity index (χ3v) is 6.13. The van der Waals surface area contributed by atoms with Gasteiger partial charge in [0.2, 0.25) is 0 Å². The number of hydrogen-bond acceptors (Lipinski definition) is 7. The lowest BCUT2D eigenvalue weighted by Crippen LogP contribution is -2.12. The molecule has 2 aromatic heterocycles. The van der Waals surface area contributed by atoms with Crippen molar-refractivity contribution in [1.29, 1.82) is 0 Å². The summed E-state index contributed by atoms with van der Waals surface area (Å²) in [7, 11) is 1.51. The Kier molecular flexibility index (Phi) is 7.05. The van der Waals surface area contributed by atoms with Gasteiger partial charge in [-0.1, -0.05) is 41.9 Å². The third-order valence-electron chi connectivity index (χ3n) is 5.18. The molecule has 170 valence electrons. The van der Waals surface area contributed by atoms with Gasteiger partial charge < -0.3 is 9.15 Å². The van der Waals surface area contributed by atoms with Gasteiger partial charge in [0.15, 0.2) is 16.2 Å². The summed E-state index contributed by atoms with van der Waals surface area (Å²) >= 11 is 7.20. The Labute approximate surface area is 201 Å². The molecule has 0 aliphatic heterocycles. The number of nitrogens with one attached hydrogen (secondary N) is 1. The molecule has 0 radical (unpaired) electrons. The first-order valence-electron chi connectivity index (χ1n) is 10.3. The van der Waals surface area contributed by atoms with Crippen LogP contribution in [0.5, 0.6) is 5.75 Å². The van der Waals surface area contributed by atoms with Crippen molar-refractivity contribution in [2.45, 2.75) is 31.9 Å². The summed E-state index contributed by atoms with van der Waals surface area (Å²) in [6.07, 6.45) is -0.438. The summed E-state index contributed by atoms with van der Waals surface area (Å²) in [6.45, 7) is 5.65. The fourth-order valence-electron chi connectivity index (χ4n) is 3.64. The smallest absolute Gasteiger partial charge is 0.196 e. The van der Waals surface area contributed by atoms with E-state index in [4.69, 9.17) is 25.6 Å². The van der Waals surface area contributed by atoms with Crippen molar-refractivity contribution in [2.75, 3.05) is 7.11 Å². The van der Waals surface area contributed by atoms with Crippen molar-refractivity contribution in [1.82, 2.24) is 9.87 Å². The van der Waals surface area contributed by atoms with Gasteiger partial charge in [0.25, 0.3) is 0 Å². The number of hydrogen-bond donors (Lipinski definition) is 1. The molecule has 2 heterocycles. The van der Waals surface area contributed by atoms with E-state index >= 15 is 0 Å². The van der Waals surface area contributed by atoms with Crippen LogP contribution in [-0.2, 0) is 4.84 Å². The number of ether oxygens (including phenoxy) is 1. The van der Waals surface area contributed by atoms with Crippen LogP contribution in [0.2, 0.25) is 5.15 Å². The molecule has 0 bridgehead atoms. The van der Waals surface area contributed by atoms with E-state index in [-0.39, 0.29) is 5.43 Å². The van der Waals surface area contributed by atoms with Crippen LogP contribution in [0.3, 0.4) is 0 Å². The van der Waals surface area contributed by atoms with Gasteiger partial charge >= 0.3 is 0 Å². The molecule has 0 saturated carbocycles. The number of aromatic nitrogens is 1. The number of rotatable bonds is 7. The Bertz CT molecular complexity index is 1360. The number of halogens is 1. The molecule has 2 aromatic carbocycles. The lowest BCUT2D eigenvalue weighted by molar-refractivity contribution is 0.163. The van der Waals surface area contributed by atoms with E-state index in [1.807, 2.05) is 56.3 Å². The molecule has 8 heteroatoms. The van der Waals surface area contributed by atoms with Gasteiger partial charge in [-0.25, -0.2) is 4.98 Å². The van der Waals surface area contributed by atoms with Crippen LogP contribution in [0.1, 0.15) is 29.7 Å². The van der Waals surface area contributed by atoms with Gasteiger partial charge in [0, 0.05) is 28.6 Å². The normalized spacial score (nSPS) is 12.2. The molecule has 33 heavy (non-hydrogen) atoms. The molecule has 0 fully saturated rings. The maximum absolute atomic E-state index is 13.3. The zero-order chi connectivity index (χ0) is 23.5. The second-order valence-corrected chi connectivity index (χ2v) is 8.71. The highest BCUT2D eigenvalue weighted by Crippen LogP contribution is 2.35. The van der Waals surface area contributed by atoms with Crippen LogP contribution in [0, 0.1) is 13.8 Å². The van der Waals surface area contributed by atoms with Gasteiger partial charge in [0.1, 0.15) is 22.6 Å². The zero-order valence-corrected chi connectivity index (χ0v) is 20.2. The largest absolute Gasteiger partial charge is 0.483 e. The second kappa shape index (κ2) is 9.97. The molecule has 1 N–H and O–H groups in total. The minimum atomic E-state index is -0.438. The SMILES string of the molecule is CONSc1nc(Cl)ccc1OC(C)c1cc(C)cc2c(=O)c(C)c(-c3ccccc3)oc12. The summed E-state index contributed by atoms with van der Waals surface area (Å²) < 4.78 is 12.6. The lowest BCUT2D eigenvalue weighted by Gasteiger charge is -2.19. The molecule has 6 nitrogen and oxygen atoms in total. The first kappa shape index (κ1) is 23.3. The molecular weight excluding hydrogens is 460 g/mol. The summed E-state index contributed by atoms with van der Waals surface area (Å²) in [5.74, 6) is 1.08. The van der Waals surface area contributed by atoms with Gasteiger partial charge in [0.05, 0.1) is 12.5 Å². The zero-order valence-electron chi connectivity index (χ0n) is 18.6. The predicted molar refractivity (Wildman–Crippen MR) is 132 cm³/mol. The van der Waals surface area contributed by atoms with Crippen LogP contribution in [0.15, 0.2) is 68.8 Å². The average molecular weight is 483 g/mol. The minimum Gasteiger partial charge on any atom is -0.483 e. The second-order valence-electron chi connectivity index (χ2n) is 7.57. The quantitative estimate of drug-likeness (QED) is 0.185. The number of benzene rings is 2. The summed E-state index contributed by atoms with van der Waals surface area (Å²) in [6, 6.07) is 16.9. The van der Waals surface area contributed by atoms with Crippen molar-refractivity contribution in [2.24, 2.45) is 0 Å². The number of aryl methyl sites for hydroxylation is 1. The van der Waals surface area contributed by atoms with Gasteiger partial charge in [-0.2, -0.15) is 0 Å². The van der Waals surface area contributed by atoms with E-state index in [1.54, 1.807) is 19.1 Å². The Morgan fingerprint density at radius 3 is 2.61 bits per heavy atom. The van der Waals surface area contributed by atoms with Crippen LogP contribution in [0.4, 0.5) is 0 Å². The molecule has 1 unspecified atom stereocenters. The van der Waals surface area contributed by atoms with Gasteiger partial charge in [-0.3, -0.25) is 9.63 Å². The minimum absolute atomic E-state index is 0.0547. The fraction of sp³-hybridized carbons (Fsp3) is 0.200. The Morgan fingerprint density at radius 1 is 1.12 bits per heavy atom. The van der Waals surface area contributed by atoms with E-state index in [2.05, 4.69) is 9.87 Å². The average Bonchev–Trinajstić information content (AvgIpc) is 2.81. The topological polar surface area (TPSA) is 73.6 Å². The molecule has 0 spiro atoms. The van der Waals surface area contributed by atoms with E-state index in [0.717, 1.165) is 28.6 Å². The first-order valence-corrected chi connectivity index (χ1v) is 11.5. The summed E-state index contributed by atoms with van der Waals surface area (Å²) in [4.78, 5) is 25.2. The Morgan fingerprint density at radius 2 is 1.88 bits per heavy atom. The molecule has 4 aromatic rings. The molecule has 0 amide bonds. The Hall–Kier alpha value is -2.84. The van der Waals surface area contributed by atoms with Crippen LogP contribution in [-0.4, -0.2) is 12.1 Å². The molecule has 0 saturated heterocycles. The number of pyridine rings is 1. The highest BCUT2D eigenvalue weighted by molar-refractivity contribution is 7.97. The van der Waals surface area contributed by atoms with Gasteiger partial charge in [-0.05, 0) is 50.6 Å². The van der Waals surface area contributed by atoms with Crippen LogP contribution >= 0.6 is 23.5 Å². The van der Waals surface area contributed by atoms with E-state index < -0.39 is 6.10 Å². The first-order chi connectivity index (χ1) is 15.9. The van der Waals surface area contributed by atoms with Crippen molar-refractivity contribution in [3.8, 4) is 17.1 Å². The van der Waals surface area contributed by atoms with Crippen molar-refractivity contribution < 1.29 is 14.0 Å². The van der Waals surface area contributed by atoms with Gasteiger partial charge in [-0.15, -0.1) is 4.89 Å². The highest BCUT2D eigenvalue weighted by Gasteiger charge is 2.21. The molecule has 0 aliphatic carbocycles. The van der Waals surface area contributed by atoms with Crippen molar-refractivity contribution >= 4 is 34.5 Å². The third kappa shape index (κ3) is 4.91. The predicted octanol–water partition coefficient (Wildman–Crippen LogP) is 6.42. The van der Waals surface area contributed by atoms with E-state index in [0.29, 0.717) is 38.2 Å². The van der Waals surface area contributed by atoms with E-state index in [1.165, 1.54) is 7.11 Å². The maximum Gasteiger partial charge on any atom is 0.196 e. The molecule has 0 aliphatic rings. The lowest BCUT2D eigenvalue weighted by atomic mass is 10.00. The van der Waals surface area contributed by atoms with Crippen LogP contribution < -0.4 is 15.1 Å². The summed E-state index contributed by atoms with van der Waals surface area (Å²) in [5.41, 5.74) is 3.59. The Balaban J connectivity index is 1.82. The molecule has 4 rings (SSSR count). The highest BCUT2D eigenvalue weighted by atomic mass is 35.5. The fourth-order valence-corrected chi connectivity index (χ4v) is 4.36.